The van der Waals surface area contributed by atoms with E-state index in [4.69, 9.17) is 27.9 Å². The van der Waals surface area contributed by atoms with Crippen LogP contribution in [0.2, 0.25) is 10.2 Å². The fraction of sp³-hybridized carbons (Fsp3) is 0.250. The topological polar surface area (TPSA) is 59.4 Å². The third-order valence-corrected chi connectivity index (χ3v) is 5.81. The molecule has 0 saturated heterocycles. The fourth-order valence-electron chi connectivity index (χ4n) is 3.55. The third-order valence-electron chi connectivity index (χ3n) is 5.28. The average Bonchev–Trinajstić information content (AvgIpc) is 2.73. The number of pyridine rings is 1. The molecule has 0 aliphatic carbocycles. The molecule has 1 heterocycles. The van der Waals surface area contributed by atoms with E-state index < -0.39 is 23.3 Å². The molecule has 174 valence electrons. The molecule has 0 amide bonds. The number of ketones is 1. The number of rotatable bonds is 7. The second kappa shape index (κ2) is 9.71. The van der Waals surface area contributed by atoms with Crippen molar-refractivity contribution >= 4 is 29.0 Å². The van der Waals surface area contributed by atoms with E-state index in [-0.39, 0.29) is 21.5 Å². The highest BCUT2D eigenvalue weighted by Crippen LogP contribution is 2.50. The molecule has 0 bridgehead atoms. The Balaban J connectivity index is 1.89. The summed E-state index contributed by atoms with van der Waals surface area (Å²) >= 11 is 12.1. The van der Waals surface area contributed by atoms with Gasteiger partial charge in [0.15, 0.2) is 5.60 Å². The number of aliphatic hydroxyl groups is 1. The summed E-state index contributed by atoms with van der Waals surface area (Å²) in [6.45, 7) is 2.73. The van der Waals surface area contributed by atoms with Crippen molar-refractivity contribution in [3.05, 3.63) is 87.7 Å². The Hall–Kier alpha value is -2.61. The van der Waals surface area contributed by atoms with Crippen LogP contribution >= 0.6 is 23.2 Å². The van der Waals surface area contributed by atoms with Gasteiger partial charge in [0, 0.05) is 23.6 Å². The van der Waals surface area contributed by atoms with E-state index >= 15 is 0 Å². The van der Waals surface area contributed by atoms with E-state index in [1.165, 1.54) is 32.0 Å². The van der Waals surface area contributed by atoms with Crippen LogP contribution in [0.25, 0.3) is 0 Å². The number of Topliss-reactive ketones (excluding diaryl/α,β-unsaturated/α-hetero) is 1. The van der Waals surface area contributed by atoms with Gasteiger partial charge in [-0.05, 0) is 60.0 Å². The number of alkyl halides is 3. The number of benzene rings is 2. The first kappa shape index (κ1) is 25.0. The molecular weight excluding hydrogens is 478 g/mol. The van der Waals surface area contributed by atoms with Gasteiger partial charge in [0.1, 0.15) is 22.4 Å². The van der Waals surface area contributed by atoms with Crippen LogP contribution in [0.3, 0.4) is 0 Å². The van der Waals surface area contributed by atoms with Crippen LogP contribution < -0.4 is 4.74 Å². The smallest absolute Gasteiger partial charge is 0.422 e. The number of ether oxygens (including phenoxy) is 1. The predicted molar refractivity (Wildman–Crippen MR) is 120 cm³/mol. The molecule has 3 aromatic rings. The number of carbonyl (C=O) groups excluding carboxylic acids is 1. The van der Waals surface area contributed by atoms with Crippen LogP contribution in [-0.2, 0) is 16.8 Å². The molecule has 0 aliphatic heterocycles. The van der Waals surface area contributed by atoms with Crippen molar-refractivity contribution in [3.8, 4) is 11.5 Å². The highest BCUT2D eigenvalue weighted by Gasteiger charge is 2.59. The first-order valence-electron chi connectivity index (χ1n) is 9.88. The van der Waals surface area contributed by atoms with Gasteiger partial charge < -0.3 is 9.84 Å². The zero-order valence-electron chi connectivity index (χ0n) is 17.7. The first-order valence-corrected chi connectivity index (χ1v) is 10.6. The maximum atomic E-state index is 14.1. The molecule has 3 rings (SSSR count). The van der Waals surface area contributed by atoms with Crippen molar-refractivity contribution in [1.82, 2.24) is 4.98 Å². The lowest BCUT2D eigenvalue weighted by atomic mass is 9.78. The zero-order chi connectivity index (χ0) is 24.4. The van der Waals surface area contributed by atoms with E-state index in [0.717, 1.165) is 23.9 Å². The Bertz CT molecular complexity index is 1150. The van der Waals surface area contributed by atoms with Crippen molar-refractivity contribution in [2.24, 2.45) is 0 Å². The summed E-state index contributed by atoms with van der Waals surface area (Å²) in [6.07, 6.45) is -3.61. The molecule has 1 N–H and O–H groups in total. The Morgan fingerprint density at radius 1 is 1.06 bits per heavy atom. The van der Waals surface area contributed by atoms with Gasteiger partial charge in [-0.3, -0.25) is 4.79 Å². The Morgan fingerprint density at radius 2 is 1.70 bits per heavy atom. The maximum Gasteiger partial charge on any atom is 0.422 e. The summed E-state index contributed by atoms with van der Waals surface area (Å²) in [7, 11) is 0. The second-order valence-corrected chi connectivity index (χ2v) is 8.46. The number of hydrogen-bond acceptors (Lipinski definition) is 4. The minimum atomic E-state index is -5.02. The predicted octanol–water partition coefficient (Wildman–Crippen LogP) is 6.87. The van der Waals surface area contributed by atoms with Crippen LogP contribution in [0, 0.1) is 0 Å². The quantitative estimate of drug-likeness (QED) is 0.362. The van der Waals surface area contributed by atoms with Gasteiger partial charge >= 0.3 is 6.18 Å². The molecule has 0 fully saturated rings. The van der Waals surface area contributed by atoms with Gasteiger partial charge in [0.2, 0.25) is 0 Å². The molecule has 2 aromatic carbocycles. The van der Waals surface area contributed by atoms with Gasteiger partial charge in [-0.25, -0.2) is 4.98 Å². The standard InChI is InChI=1S/C24H20Cl2F3NO3/c1-14(31)11-16-3-5-18(6-4-16)33-19-7-8-20(21(25)13-19)15(2)23(32,24(27,28)29)17-9-10-30-22(26)12-17/h3-10,12-13,15,32H,11H2,1-2H3. The molecule has 0 aliphatic rings. The molecular formula is C24H20Cl2F3NO3. The molecule has 0 spiro atoms. The van der Waals surface area contributed by atoms with Crippen LogP contribution in [0.4, 0.5) is 13.2 Å². The minimum absolute atomic E-state index is 0.00368. The van der Waals surface area contributed by atoms with Gasteiger partial charge in [0.25, 0.3) is 0 Å². The van der Waals surface area contributed by atoms with Crippen molar-refractivity contribution in [2.45, 2.75) is 38.0 Å². The Kier molecular flexibility index (Phi) is 7.36. The lowest BCUT2D eigenvalue weighted by Crippen LogP contribution is -2.46. The number of aromatic nitrogens is 1. The van der Waals surface area contributed by atoms with Crippen LogP contribution in [0.5, 0.6) is 11.5 Å². The highest BCUT2D eigenvalue weighted by atomic mass is 35.5. The van der Waals surface area contributed by atoms with Crippen molar-refractivity contribution < 1.29 is 27.8 Å². The highest BCUT2D eigenvalue weighted by molar-refractivity contribution is 6.31. The van der Waals surface area contributed by atoms with Gasteiger partial charge in [0.05, 0.1) is 0 Å². The molecule has 0 radical (unpaired) electrons. The average molecular weight is 498 g/mol. The largest absolute Gasteiger partial charge is 0.457 e. The van der Waals surface area contributed by atoms with Crippen LogP contribution in [0.15, 0.2) is 60.8 Å². The monoisotopic (exact) mass is 497 g/mol. The summed E-state index contributed by atoms with van der Waals surface area (Å²) in [4.78, 5) is 14.9. The van der Waals surface area contributed by atoms with Gasteiger partial charge in [-0.1, -0.05) is 48.3 Å². The second-order valence-electron chi connectivity index (χ2n) is 7.66. The first-order chi connectivity index (χ1) is 15.4. The molecule has 2 unspecified atom stereocenters. The maximum absolute atomic E-state index is 14.1. The van der Waals surface area contributed by atoms with E-state index in [0.29, 0.717) is 17.9 Å². The SMILES string of the molecule is CC(=O)Cc1ccc(Oc2ccc(C(C)C(O)(c3ccnc(Cl)c3)C(F)(F)F)c(Cl)c2)cc1. The summed E-state index contributed by atoms with van der Waals surface area (Å²) < 4.78 is 47.9. The lowest BCUT2D eigenvalue weighted by molar-refractivity contribution is -0.274. The summed E-state index contributed by atoms with van der Waals surface area (Å²) in [6, 6.07) is 13.1. The lowest BCUT2D eigenvalue weighted by Gasteiger charge is -2.37. The molecule has 1 aromatic heterocycles. The van der Waals surface area contributed by atoms with Gasteiger partial charge in [-0.15, -0.1) is 0 Å². The summed E-state index contributed by atoms with van der Waals surface area (Å²) in [5.74, 6) is -0.661. The van der Waals surface area contributed by atoms with E-state index in [9.17, 15) is 23.1 Å². The van der Waals surface area contributed by atoms with Crippen molar-refractivity contribution in [3.63, 3.8) is 0 Å². The third kappa shape index (κ3) is 5.49. The minimum Gasteiger partial charge on any atom is -0.457 e. The zero-order valence-corrected chi connectivity index (χ0v) is 19.2. The number of halogens is 5. The Morgan fingerprint density at radius 3 is 2.24 bits per heavy atom. The molecule has 9 heteroatoms. The van der Waals surface area contributed by atoms with E-state index in [1.807, 2.05) is 0 Å². The molecule has 33 heavy (non-hydrogen) atoms. The van der Waals surface area contributed by atoms with Crippen LogP contribution in [-0.4, -0.2) is 22.1 Å². The molecule has 2 atom stereocenters. The van der Waals surface area contributed by atoms with Crippen molar-refractivity contribution in [2.75, 3.05) is 0 Å². The summed E-state index contributed by atoms with van der Waals surface area (Å²) in [5, 5.41) is 10.7. The molecule has 4 nitrogen and oxygen atoms in total. The number of nitrogens with zero attached hydrogens (tertiary/aromatic N) is 1. The fourth-order valence-corrected chi connectivity index (χ4v) is 4.05. The van der Waals surface area contributed by atoms with E-state index in [1.54, 1.807) is 24.3 Å². The summed E-state index contributed by atoms with van der Waals surface area (Å²) in [5.41, 5.74) is -2.78. The number of carbonyl (C=O) groups is 1. The van der Waals surface area contributed by atoms with Gasteiger partial charge in [-0.2, -0.15) is 13.2 Å². The van der Waals surface area contributed by atoms with E-state index in [2.05, 4.69) is 4.98 Å². The molecule has 0 saturated carbocycles. The van der Waals surface area contributed by atoms with Crippen LogP contribution in [0.1, 0.15) is 36.5 Å². The Labute approximate surface area is 198 Å². The normalized spacial score (nSPS) is 14.4. The number of hydrogen-bond donors (Lipinski definition) is 1. The van der Waals surface area contributed by atoms with Crippen molar-refractivity contribution in [1.29, 1.82) is 0 Å².